The first-order chi connectivity index (χ1) is 11.2. The zero-order chi connectivity index (χ0) is 16.2. The molecule has 1 amide bonds. The lowest BCUT2D eigenvalue weighted by atomic mass is 9.98. The summed E-state index contributed by atoms with van der Waals surface area (Å²) in [4.78, 5) is 19.0. The predicted octanol–water partition coefficient (Wildman–Crippen LogP) is 2.87. The molecule has 1 fully saturated rings. The van der Waals surface area contributed by atoms with Gasteiger partial charge in [0.05, 0.1) is 25.9 Å². The highest BCUT2D eigenvalue weighted by atomic mass is 32.1. The fraction of sp³-hybridized carbons (Fsp3) is 0.412. The number of benzene rings is 1. The highest BCUT2D eigenvalue weighted by Crippen LogP contribution is 2.30. The molecule has 0 saturated carbocycles. The molecule has 6 heteroatoms. The van der Waals surface area contributed by atoms with Crippen LogP contribution in [0, 0.1) is 5.92 Å². The Morgan fingerprint density at radius 2 is 2.17 bits per heavy atom. The highest BCUT2D eigenvalue weighted by Gasteiger charge is 2.27. The van der Waals surface area contributed by atoms with E-state index in [1.807, 2.05) is 17.0 Å². The smallest absolute Gasteiger partial charge is 0.265 e. The summed E-state index contributed by atoms with van der Waals surface area (Å²) in [5.74, 6) is 2.07. The van der Waals surface area contributed by atoms with Gasteiger partial charge in [-0.25, -0.2) is 0 Å². The number of hydrogen-bond donors (Lipinski definition) is 0. The van der Waals surface area contributed by atoms with Crippen LogP contribution in [0.1, 0.15) is 21.7 Å². The molecule has 0 aliphatic carbocycles. The zero-order valence-electron chi connectivity index (χ0n) is 13.3. The minimum Gasteiger partial charge on any atom is -0.493 e. The summed E-state index contributed by atoms with van der Waals surface area (Å²) in [6.07, 6.45) is 3.61. The van der Waals surface area contributed by atoms with Crippen molar-refractivity contribution >= 4 is 17.2 Å². The Morgan fingerprint density at radius 3 is 2.87 bits per heavy atom. The van der Waals surface area contributed by atoms with Gasteiger partial charge in [-0.3, -0.25) is 9.78 Å². The fourth-order valence-corrected chi connectivity index (χ4v) is 3.59. The quantitative estimate of drug-likeness (QED) is 0.845. The third-order valence-electron chi connectivity index (χ3n) is 4.19. The van der Waals surface area contributed by atoms with E-state index in [-0.39, 0.29) is 5.91 Å². The Labute approximate surface area is 139 Å². The van der Waals surface area contributed by atoms with Gasteiger partial charge in [-0.1, -0.05) is 6.07 Å². The molecule has 0 N–H and O–H groups in total. The monoisotopic (exact) mass is 332 g/mol. The standard InChI is InChI=1S/C17H20N2O3S/c1-21-14-4-3-12(8-15(14)22-2)7-13-5-6-19(10-13)17(20)16-9-18-11-23-16/h3-4,8-9,11,13H,5-7,10H2,1-2H3. The van der Waals surface area contributed by atoms with Crippen molar-refractivity contribution in [1.29, 1.82) is 0 Å². The molecule has 122 valence electrons. The van der Waals surface area contributed by atoms with Crippen molar-refractivity contribution < 1.29 is 14.3 Å². The van der Waals surface area contributed by atoms with Crippen LogP contribution in [0.4, 0.5) is 0 Å². The van der Waals surface area contributed by atoms with Crippen LogP contribution in [0.3, 0.4) is 0 Å². The molecule has 1 saturated heterocycles. The van der Waals surface area contributed by atoms with Gasteiger partial charge in [0.25, 0.3) is 5.91 Å². The average Bonchev–Trinajstić information content (AvgIpc) is 3.26. The molecule has 3 rings (SSSR count). The molecule has 1 aromatic carbocycles. The summed E-state index contributed by atoms with van der Waals surface area (Å²) in [7, 11) is 3.28. The van der Waals surface area contributed by atoms with Crippen LogP contribution in [0.5, 0.6) is 11.5 Å². The van der Waals surface area contributed by atoms with Gasteiger partial charge in [0.15, 0.2) is 11.5 Å². The molecule has 0 radical (unpaired) electrons. The van der Waals surface area contributed by atoms with Gasteiger partial charge in [-0.15, -0.1) is 11.3 Å². The Morgan fingerprint density at radius 1 is 1.35 bits per heavy atom. The van der Waals surface area contributed by atoms with Crippen molar-refractivity contribution in [3.05, 3.63) is 40.3 Å². The zero-order valence-corrected chi connectivity index (χ0v) is 14.1. The molecule has 23 heavy (non-hydrogen) atoms. The number of likely N-dealkylation sites (tertiary alicyclic amines) is 1. The van der Waals surface area contributed by atoms with Gasteiger partial charge in [0, 0.05) is 13.1 Å². The first-order valence-electron chi connectivity index (χ1n) is 7.60. The summed E-state index contributed by atoms with van der Waals surface area (Å²) in [5.41, 5.74) is 2.91. The van der Waals surface area contributed by atoms with E-state index in [4.69, 9.17) is 9.47 Å². The van der Waals surface area contributed by atoms with Crippen LogP contribution in [-0.2, 0) is 6.42 Å². The summed E-state index contributed by atoms with van der Waals surface area (Å²) in [5, 5.41) is 0. The summed E-state index contributed by atoms with van der Waals surface area (Å²) >= 11 is 1.40. The number of ether oxygens (including phenoxy) is 2. The van der Waals surface area contributed by atoms with E-state index in [2.05, 4.69) is 11.1 Å². The summed E-state index contributed by atoms with van der Waals surface area (Å²) in [6.45, 7) is 1.61. The molecule has 1 aliphatic heterocycles. The molecule has 2 heterocycles. The molecule has 0 bridgehead atoms. The van der Waals surface area contributed by atoms with Crippen molar-refractivity contribution in [2.45, 2.75) is 12.8 Å². The van der Waals surface area contributed by atoms with E-state index in [0.29, 0.717) is 5.92 Å². The maximum atomic E-state index is 12.3. The van der Waals surface area contributed by atoms with Gasteiger partial charge in [-0.2, -0.15) is 0 Å². The maximum absolute atomic E-state index is 12.3. The second-order valence-corrected chi connectivity index (χ2v) is 6.55. The number of methoxy groups -OCH3 is 2. The van der Waals surface area contributed by atoms with Crippen LogP contribution in [-0.4, -0.2) is 43.1 Å². The van der Waals surface area contributed by atoms with Gasteiger partial charge in [-0.05, 0) is 36.5 Å². The van der Waals surface area contributed by atoms with Gasteiger partial charge in [0.1, 0.15) is 4.88 Å². The Hall–Kier alpha value is -2.08. The van der Waals surface area contributed by atoms with Crippen LogP contribution >= 0.6 is 11.3 Å². The lowest BCUT2D eigenvalue weighted by Crippen LogP contribution is -2.28. The minimum absolute atomic E-state index is 0.0994. The number of carbonyl (C=O) groups is 1. The second kappa shape index (κ2) is 7.00. The lowest BCUT2D eigenvalue weighted by Gasteiger charge is -2.16. The molecule has 2 aromatic rings. The normalized spacial score (nSPS) is 17.3. The minimum atomic E-state index is 0.0994. The fourth-order valence-electron chi connectivity index (χ4n) is 3.00. The van der Waals surface area contributed by atoms with Gasteiger partial charge >= 0.3 is 0 Å². The second-order valence-electron chi connectivity index (χ2n) is 5.67. The number of carbonyl (C=O) groups excluding carboxylic acids is 1. The van der Waals surface area contributed by atoms with Crippen molar-refractivity contribution in [3.8, 4) is 11.5 Å². The van der Waals surface area contributed by atoms with Crippen molar-refractivity contribution in [3.63, 3.8) is 0 Å². The molecule has 5 nitrogen and oxygen atoms in total. The van der Waals surface area contributed by atoms with E-state index >= 15 is 0 Å². The predicted molar refractivity (Wildman–Crippen MR) is 89.4 cm³/mol. The highest BCUT2D eigenvalue weighted by molar-refractivity contribution is 7.11. The maximum Gasteiger partial charge on any atom is 0.265 e. The SMILES string of the molecule is COc1ccc(CC2CCN(C(=O)c3cncs3)C2)cc1OC. The molecule has 1 aliphatic rings. The largest absolute Gasteiger partial charge is 0.493 e. The van der Waals surface area contributed by atoms with Crippen molar-refractivity contribution in [1.82, 2.24) is 9.88 Å². The van der Waals surface area contributed by atoms with E-state index in [9.17, 15) is 4.79 Å². The molecular weight excluding hydrogens is 312 g/mol. The Kier molecular flexibility index (Phi) is 4.81. The Bertz CT molecular complexity index is 672. The molecular formula is C17H20N2O3S. The molecule has 1 aromatic heterocycles. The van der Waals surface area contributed by atoms with E-state index in [0.717, 1.165) is 42.3 Å². The summed E-state index contributed by atoms with van der Waals surface area (Å²) < 4.78 is 10.6. The van der Waals surface area contributed by atoms with Gasteiger partial charge in [0.2, 0.25) is 0 Å². The number of aromatic nitrogens is 1. The van der Waals surface area contributed by atoms with Crippen LogP contribution in [0.2, 0.25) is 0 Å². The topological polar surface area (TPSA) is 51.7 Å². The number of thiazole rings is 1. The Balaban J connectivity index is 1.63. The number of amides is 1. The first kappa shape index (κ1) is 15.8. The lowest BCUT2D eigenvalue weighted by molar-refractivity contribution is 0.0791. The van der Waals surface area contributed by atoms with E-state index < -0.39 is 0 Å². The third-order valence-corrected chi connectivity index (χ3v) is 4.95. The first-order valence-corrected chi connectivity index (χ1v) is 8.48. The van der Waals surface area contributed by atoms with Crippen LogP contribution in [0.25, 0.3) is 0 Å². The molecule has 1 unspecified atom stereocenters. The van der Waals surface area contributed by atoms with E-state index in [1.54, 1.807) is 25.9 Å². The van der Waals surface area contributed by atoms with Crippen LogP contribution < -0.4 is 9.47 Å². The number of hydrogen-bond acceptors (Lipinski definition) is 5. The average molecular weight is 332 g/mol. The van der Waals surface area contributed by atoms with Crippen molar-refractivity contribution in [2.75, 3.05) is 27.3 Å². The summed E-state index contributed by atoms with van der Waals surface area (Å²) in [6, 6.07) is 6.02. The van der Waals surface area contributed by atoms with Crippen LogP contribution in [0.15, 0.2) is 29.9 Å². The third kappa shape index (κ3) is 3.47. The van der Waals surface area contributed by atoms with Gasteiger partial charge < -0.3 is 14.4 Å². The van der Waals surface area contributed by atoms with E-state index in [1.165, 1.54) is 16.9 Å². The molecule has 0 spiro atoms. The van der Waals surface area contributed by atoms with Crippen molar-refractivity contribution in [2.24, 2.45) is 5.92 Å². The number of nitrogens with zero attached hydrogens (tertiary/aromatic N) is 2. The number of rotatable bonds is 5. The molecule has 1 atom stereocenters.